The highest BCUT2D eigenvalue weighted by Crippen LogP contribution is 2.28. The van der Waals surface area contributed by atoms with E-state index in [1.807, 2.05) is 0 Å². The van der Waals surface area contributed by atoms with E-state index in [1.165, 1.54) is 12.1 Å². The predicted molar refractivity (Wildman–Crippen MR) is 56.0 cm³/mol. The van der Waals surface area contributed by atoms with Crippen LogP contribution in [0.3, 0.4) is 0 Å². The highest BCUT2D eigenvalue weighted by atomic mass is 31.1. The molecule has 0 aromatic heterocycles. The Morgan fingerprint density at radius 2 is 2.00 bits per heavy atom. The fourth-order valence-corrected chi connectivity index (χ4v) is 1.95. The topological polar surface area (TPSA) is 69.4 Å². The van der Waals surface area contributed by atoms with Gasteiger partial charge in [0.25, 0.3) is 5.69 Å². The Hall–Kier alpha value is -1.32. The van der Waals surface area contributed by atoms with Gasteiger partial charge in [0.2, 0.25) is 6.16 Å². The zero-order valence-electron chi connectivity index (χ0n) is 8.25. The molecule has 5 nitrogen and oxygen atoms in total. The lowest BCUT2D eigenvalue weighted by Gasteiger charge is -1.92. The van der Waals surface area contributed by atoms with Crippen LogP contribution in [0.25, 0.3) is 0 Å². The lowest BCUT2D eigenvalue weighted by Crippen LogP contribution is -1.88. The minimum Gasteiger partial charge on any atom is -0.258 e. The molecule has 0 saturated carbocycles. The Morgan fingerprint density at radius 3 is 2.47 bits per heavy atom. The third-order valence-corrected chi connectivity index (χ3v) is 2.90. The van der Waals surface area contributed by atoms with Crippen molar-refractivity contribution in [2.45, 2.75) is 13.1 Å². The van der Waals surface area contributed by atoms with Crippen molar-refractivity contribution in [2.24, 2.45) is 0 Å². The molecule has 0 aliphatic rings. The second-order valence-electron chi connectivity index (χ2n) is 2.83. The molecule has 0 saturated heterocycles. The van der Waals surface area contributed by atoms with Crippen molar-refractivity contribution >= 4 is 13.7 Å². The van der Waals surface area contributed by atoms with Gasteiger partial charge in [-0.05, 0) is 23.6 Å². The van der Waals surface area contributed by atoms with Gasteiger partial charge in [-0.25, -0.2) is 0 Å². The van der Waals surface area contributed by atoms with Gasteiger partial charge in [0, 0.05) is 17.7 Å². The largest absolute Gasteiger partial charge is 0.512 e. The quantitative estimate of drug-likeness (QED) is 0.441. The first-order chi connectivity index (χ1) is 7.13. The monoisotopic (exact) mass is 228 g/mol. The summed E-state index contributed by atoms with van der Waals surface area (Å²) in [4.78, 5) is 9.89. The van der Waals surface area contributed by atoms with Crippen molar-refractivity contribution in [3.8, 4) is 0 Å². The number of hydrogen-bond donors (Lipinski definition) is 0. The number of nitrogens with zero attached hydrogens (tertiary/aromatic N) is 1. The van der Waals surface area contributed by atoms with E-state index in [0.29, 0.717) is 12.8 Å². The number of non-ortho nitro benzene ring substituents is 1. The van der Waals surface area contributed by atoms with Crippen LogP contribution in [-0.4, -0.2) is 11.5 Å². The molecule has 0 aliphatic carbocycles. The van der Waals surface area contributed by atoms with Crippen molar-refractivity contribution in [3.05, 3.63) is 39.9 Å². The summed E-state index contributed by atoms with van der Waals surface area (Å²) in [6, 6.07) is 5.96. The molecule has 0 heterocycles. The molecule has 0 radical (unpaired) electrons. The van der Waals surface area contributed by atoms with Crippen molar-refractivity contribution in [1.29, 1.82) is 0 Å². The predicted octanol–water partition coefficient (Wildman–Crippen LogP) is 2.87. The Bertz CT molecular complexity index is 363. The smallest absolute Gasteiger partial charge is 0.258 e. The Labute approximate surface area is 88.1 Å². The SMILES string of the molecule is CCO[P+](=O)Cc1ccc([N+](=O)[O-])cc1. The number of rotatable bonds is 5. The van der Waals surface area contributed by atoms with Crippen LogP contribution in [0, 0.1) is 10.1 Å². The molecule has 1 rings (SSSR count). The molecule has 6 heteroatoms. The van der Waals surface area contributed by atoms with E-state index in [-0.39, 0.29) is 5.69 Å². The molecule has 1 aromatic rings. The van der Waals surface area contributed by atoms with Gasteiger partial charge in [0.15, 0.2) is 0 Å². The third kappa shape index (κ3) is 3.73. The van der Waals surface area contributed by atoms with Crippen LogP contribution in [0.5, 0.6) is 0 Å². The molecule has 0 spiro atoms. The molecule has 1 unspecified atom stereocenters. The molecular formula is C9H11NO4P+. The van der Waals surface area contributed by atoms with Crippen LogP contribution in [0.4, 0.5) is 5.69 Å². The van der Waals surface area contributed by atoms with Crippen LogP contribution in [0.1, 0.15) is 12.5 Å². The van der Waals surface area contributed by atoms with E-state index in [1.54, 1.807) is 19.1 Å². The normalized spacial score (nSPS) is 11.1. The summed E-state index contributed by atoms with van der Waals surface area (Å²) in [5.41, 5.74) is 0.806. The molecule has 0 N–H and O–H groups in total. The van der Waals surface area contributed by atoms with Crippen molar-refractivity contribution in [2.75, 3.05) is 6.61 Å². The Balaban J connectivity index is 2.64. The van der Waals surface area contributed by atoms with Crippen LogP contribution in [-0.2, 0) is 15.3 Å². The van der Waals surface area contributed by atoms with Gasteiger partial charge in [0.1, 0.15) is 0 Å². The highest BCUT2D eigenvalue weighted by Gasteiger charge is 2.17. The van der Waals surface area contributed by atoms with Gasteiger partial charge < -0.3 is 0 Å². The van der Waals surface area contributed by atoms with Crippen LogP contribution in [0.2, 0.25) is 0 Å². The standard InChI is InChI=1S/C9H11NO4P/c1-2-14-15(13)7-8-3-5-9(6-4-8)10(11)12/h3-6H,2,7H2,1H3/q+1. The summed E-state index contributed by atoms with van der Waals surface area (Å²) in [5, 5.41) is 10.4. The molecule has 0 fully saturated rings. The van der Waals surface area contributed by atoms with E-state index >= 15 is 0 Å². The first kappa shape index (κ1) is 11.8. The zero-order valence-corrected chi connectivity index (χ0v) is 9.15. The van der Waals surface area contributed by atoms with Gasteiger partial charge in [-0.15, -0.1) is 4.52 Å². The maximum absolute atomic E-state index is 11.2. The molecule has 0 amide bonds. The molecule has 15 heavy (non-hydrogen) atoms. The molecule has 0 aliphatic heterocycles. The van der Waals surface area contributed by atoms with Gasteiger partial charge in [0.05, 0.1) is 11.5 Å². The molecule has 1 aromatic carbocycles. The van der Waals surface area contributed by atoms with Crippen LogP contribution in [0.15, 0.2) is 24.3 Å². The van der Waals surface area contributed by atoms with Gasteiger partial charge in [-0.3, -0.25) is 10.1 Å². The zero-order chi connectivity index (χ0) is 11.3. The number of nitro benzene ring substituents is 1. The van der Waals surface area contributed by atoms with E-state index in [0.717, 1.165) is 5.56 Å². The average molecular weight is 228 g/mol. The first-order valence-electron chi connectivity index (χ1n) is 4.44. The lowest BCUT2D eigenvalue weighted by atomic mass is 10.2. The average Bonchev–Trinajstić information content (AvgIpc) is 2.18. The third-order valence-electron chi connectivity index (χ3n) is 1.73. The molecular weight excluding hydrogens is 217 g/mol. The summed E-state index contributed by atoms with van der Waals surface area (Å²) in [6.07, 6.45) is 0.293. The summed E-state index contributed by atoms with van der Waals surface area (Å²) < 4.78 is 16.1. The summed E-state index contributed by atoms with van der Waals surface area (Å²) >= 11 is 0. The second-order valence-corrected chi connectivity index (χ2v) is 4.07. The Kier molecular flexibility index (Phi) is 4.34. The lowest BCUT2D eigenvalue weighted by molar-refractivity contribution is -0.384. The minimum atomic E-state index is -1.70. The number of nitro groups is 1. The molecule has 80 valence electrons. The van der Waals surface area contributed by atoms with Crippen LogP contribution < -0.4 is 0 Å². The fourth-order valence-electron chi connectivity index (χ4n) is 1.06. The highest BCUT2D eigenvalue weighted by molar-refractivity contribution is 7.38. The second kappa shape index (κ2) is 5.53. The maximum Gasteiger partial charge on any atom is 0.512 e. The number of benzene rings is 1. The van der Waals surface area contributed by atoms with E-state index in [4.69, 9.17) is 4.52 Å². The maximum atomic E-state index is 11.2. The summed E-state index contributed by atoms with van der Waals surface area (Å²) in [6.45, 7) is 2.17. The fraction of sp³-hybridized carbons (Fsp3) is 0.333. The van der Waals surface area contributed by atoms with Crippen molar-refractivity contribution < 1.29 is 14.0 Å². The van der Waals surface area contributed by atoms with Gasteiger partial charge in [-0.2, -0.15) is 0 Å². The summed E-state index contributed by atoms with van der Waals surface area (Å²) in [5.74, 6) is 0. The first-order valence-corrected chi connectivity index (χ1v) is 5.80. The van der Waals surface area contributed by atoms with Gasteiger partial charge in [-0.1, -0.05) is 0 Å². The van der Waals surface area contributed by atoms with E-state index in [9.17, 15) is 14.7 Å². The van der Waals surface area contributed by atoms with Gasteiger partial charge >= 0.3 is 8.03 Å². The summed E-state index contributed by atoms with van der Waals surface area (Å²) in [7, 11) is -1.70. The van der Waals surface area contributed by atoms with Crippen molar-refractivity contribution in [1.82, 2.24) is 0 Å². The number of hydrogen-bond acceptors (Lipinski definition) is 4. The van der Waals surface area contributed by atoms with Crippen molar-refractivity contribution in [3.63, 3.8) is 0 Å². The Morgan fingerprint density at radius 1 is 1.40 bits per heavy atom. The molecule has 0 bridgehead atoms. The van der Waals surface area contributed by atoms with Crippen LogP contribution >= 0.6 is 8.03 Å². The van der Waals surface area contributed by atoms with E-state index < -0.39 is 13.0 Å². The van der Waals surface area contributed by atoms with E-state index in [2.05, 4.69) is 0 Å². The molecule has 1 atom stereocenters. The minimum absolute atomic E-state index is 0.0328.